The van der Waals surface area contributed by atoms with Gasteiger partial charge in [0.25, 0.3) is 5.91 Å². The number of aryl methyl sites for hydroxylation is 1. The van der Waals surface area contributed by atoms with Gasteiger partial charge in [-0.2, -0.15) is 5.10 Å². The van der Waals surface area contributed by atoms with Crippen LogP contribution in [0.25, 0.3) is 22.6 Å². The van der Waals surface area contributed by atoms with Gasteiger partial charge in [-0.05, 0) is 49.1 Å². The first-order chi connectivity index (χ1) is 15.2. The van der Waals surface area contributed by atoms with Crippen molar-refractivity contribution in [1.29, 1.82) is 0 Å². The number of benzene rings is 1. The molecule has 1 aromatic carbocycles. The Kier molecular flexibility index (Phi) is 5.83. The summed E-state index contributed by atoms with van der Waals surface area (Å²) in [5.41, 5.74) is 1.46. The van der Waals surface area contributed by atoms with E-state index in [9.17, 15) is 23.1 Å². The van der Waals surface area contributed by atoms with Gasteiger partial charge in [0, 0.05) is 18.8 Å². The monoisotopic (exact) mass is 447 g/mol. The van der Waals surface area contributed by atoms with Gasteiger partial charge in [-0.25, -0.2) is 9.97 Å². The van der Waals surface area contributed by atoms with Crippen LogP contribution >= 0.6 is 0 Å². The van der Waals surface area contributed by atoms with Crippen molar-refractivity contribution in [1.82, 2.24) is 25.1 Å². The van der Waals surface area contributed by atoms with Gasteiger partial charge in [0.2, 0.25) is 0 Å². The maximum absolute atomic E-state index is 12.9. The summed E-state index contributed by atoms with van der Waals surface area (Å²) in [5, 5.41) is 16.4. The minimum absolute atomic E-state index is 0.0728. The first kappa shape index (κ1) is 21.8. The molecule has 1 saturated carbocycles. The van der Waals surface area contributed by atoms with Gasteiger partial charge in [-0.3, -0.25) is 9.48 Å². The summed E-state index contributed by atoms with van der Waals surface area (Å²) >= 11 is 0. The highest BCUT2D eigenvalue weighted by Crippen LogP contribution is 2.32. The van der Waals surface area contributed by atoms with Crippen molar-refractivity contribution < 1.29 is 27.8 Å². The van der Waals surface area contributed by atoms with Crippen molar-refractivity contribution in [2.45, 2.75) is 25.2 Å². The second-order valence-corrected chi connectivity index (χ2v) is 7.54. The Morgan fingerprint density at radius 2 is 1.97 bits per heavy atom. The molecule has 32 heavy (non-hydrogen) atoms. The lowest BCUT2D eigenvalue weighted by Gasteiger charge is -2.15. The van der Waals surface area contributed by atoms with Crippen molar-refractivity contribution >= 4 is 5.91 Å². The van der Waals surface area contributed by atoms with Crippen LogP contribution in [0, 0.1) is 5.92 Å². The van der Waals surface area contributed by atoms with Crippen LogP contribution in [-0.2, 0) is 7.05 Å². The van der Waals surface area contributed by atoms with Crippen LogP contribution in [0.15, 0.2) is 42.7 Å². The van der Waals surface area contributed by atoms with E-state index in [4.69, 9.17) is 0 Å². The highest BCUT2D eigenvalue weighted by molar-refractivity contribution is 5.94. The summed E-state index contributed by atoms with van der Waals surface area (Å²) in [6.07, 6.45) is 0.311. The number of halogens is 3. The van der Waals surface area contributed by atoms with Crippen molar-refractivity contribution in [3.63, 3.8) is 0 Å². The number of amides is 1. The standard InChI is InChI=1S/C21H20F3N5O3/c1-29-10-14(9-25-29)19-26-16(12-4-6-15(7-5-12)32-21(22,23)24)8-17(27-19)20(31)28-18(11-30)13-2-3-13/h4-10,13,18,30H,2-3,11H2,1H3,(H,28,31). The summed E-state index contributed by atoms with van der Waals surface area (Å²) in [5.74, 6) is -0.356. The predicted octanol–water partition coefficient (Wildman–Crippen LogP) is 2.94. The molecular weight excluding hydrogens is 427 g/mol. The predicted molar refractivity (Wildman–Crippen MR) is 107 cm³/mol. The number of nitrogens with one attached hydrogen (secondary N) is 1. The Morgan fingerprint density at radius 3 is 2.53 bits per heavy atom. The van der Waals surface area contributed by atoms with E-state index in [2.05, 4.69) is 25.1 Å². The van der Waals surface area contributed by atoms with Gasteiger partial charge in [0.05, 0.1) is 30.1 Å². The number of rotatable bonds is 7. The van der Waals surface area contributed by atoms with Gasteiger partial charge in [0.1, 0.15) is 11.4 Å². The second kappa shape index (κ2) is 8.58. The molecule has 1 aliphatic rings. The average molecular weight is 447 g/mol. The molecule has 1 unspecified atom stereocenters. The molecule has 1 fully saturated rings. The summed E-state index contributed by atoms with van der Waals surface area (Å²) in [6, 6.07) is 6.27. The van der Waals surface area contributed by atoms with Crippen LogP contribution in [0.2, 0.25) is 0 Å². The number of carbonyl (C=O) groups is 1. The van der Waals surface area contributed by atoms with Crippen LogP contribution in [0.3, 0.4) is 0 Å². The van der Waals surface area contributed by atoms with E-state index in [0.717, 1.165) is 12.8 Å². The smallest absolute Gasteiger partial charge is 0.406 e. The van der Waals surface area contributed by atoms with E-state index in [1.54, 1.807) is 24.1 Å². The molecule has 2 aromatic heterocycles. The summed E-state index contributed by atoms with van der Waals surface area (Å²) in [7, 11) is 1.72. The Balaban J connectivity index is 1.68. The number of ether oxygens (including phenoxy) is 1. The molecule has 0 saturated heterocycles. The number of alkyl halides is 3. The topological polar surface area (TPSA) is 102 Å². The van der Waals surface area contributed by atoms with Gasteiger partial charge >= 0.3 is 6.36 Å². The van der Waals surface area contributed by atoms with Crippen molar-refractivity contribution in [3.05, 3.63) is 48.4 Å². The normalized spacial score (nSPS) is 14.8. The molecule has 3 aromatic rings. The molecule has 2 heterocycles. The van der Waals surface area contributed by atoms with Crippen LogP contribution in [0.1, 0.15) is 23.3 Å². The lowest BCUT2D eigenvalue weighted by Crippen LogP contribution is -2.39. The molecule has 8 nitrogen and oxygen atoms in total. The van der Waals surface area contributed by atoms with Crippen molar-refractivity contribution in [3.8, 4) is 28.4 Å². The highest BCUT2D eigenvalue weighted by Gasteiger charge is 2.32. The van der Waals surface area contributed by atoms with Gasteiger partial charge in [-0.15, -0.1) is 13.2 Å². The van der Waals surface area contributed by atoms with Crippen LogP contribution in [0.5, 0.6) is 5.75 Å². The molecule has 4 rings (SSSR count). The Hall–Kier alpha value is -3.47. The molecule has 1 atom stereocenters. The molecule has 168 valence electrons. The first-order valence-electron chi connectivity index (χ1n) is 9.88. The molecule has 0 spiro atoms. The fourth-order valence-corrected chi connectivity index (χ4v) is 3.26. The van der Waals surface area contributed by atoms with Crippen molar-refractivity contribution in [2.24, 2.45) is 13.0 Å². The molecule has 0 aliphatic heterocycles. The summed E-state index contributed by atoms with van der Waals surface area (Å²) in [4.78, 5) is 21.7. The molecular formula is C21H20F3N5O3. The Morgan fingerprint density at radius 1 is 1.25 bits per heavy atom. The van der Waals surface area contributed by atoms with E-state index < -0.39 is 12.3 Å². The van der Waals surface area contributed by atoms with E-state index in [-0.39, 0.29) is 35.8 Å². The van der Waals surface area contributed by atoms with E-state index in [1.165, 1.54) is 30.3 Å². The summed E-state index contributed by atoms with van der Waals surface area (Å²) in [6.45, 7) is -0.176. The van der Waals surface area contributed by atoms with E-state index in [0.29, 0.717) is 16.8 Å². The zero-order valence-electron chi connectivity index (χ0n) is 17.0. The molecule has 0 radical (unpaired) electrons. The quantitative estimate of drug-likeness (QED) is 0.578. The summed E-state index contributed by atoms with van der Waals surface area (Å²) < 4.78 is 42.8. The Labute approximate surface area is 181 Å². The van der Waals surface area contributed by atoms with Gasteiger partial charge < -0.3 is 15.2 Å². The first-order valence-corrected chi connectivity index (χ1v) is 9.88. The third-order valence-electron chi connectivity index (χ3n) is 5.01. The van der Waals surface area contributed by atoms with Crippen LogP contribution in [-0.4, -0.2) is 49.8 Å². The van der Waals surface area contributed by atoms with Crippen LogP contribution in [0.4, 0.5) is 13.2 Å². The zero-order chi connectivity index (χ0) is 22.9. The maximum Gasteiger partial charge on any atom is 0.573 e. The third kappa shape index (κ3) is 5.22. The third-order valence-corrected chi connectivity index (χ3v) is 5.01. The second-order valence-electron chi connectivity index (χ2n) is 7.54. The number of nitrogens with zero attached hydrogens (tertiary/aromatic N) is 4. The fraction of sp³-hybridized carbons (Fsp3) is 0.333. The van der Waals surface area contributed by atoms with E-state index in [1.807, 2.05) is 0 Å². The molecule has 11 heteroatoms. The minimum Gasteiger partial charge on any atom is -0.406 e. The van der Waals surface area contributed by atoms with Gasteiger partial charge in [-0.1, -0.05) is 0 Å². The number of hydrogen-bond acceptors (Lipinski definition) is 6. The molecule has 1 aliphatic carbocycles. The molecule has 0 bridgehead atoms. The largest absolute Gasteiger partial charge is 0.573 e. The maximum atomic E-state index is 12.9. The SMILES string of the molecule is Cn1cc(-c2nc(C(=O)NC(CO)C3CC3)cc(-c3ccc(OC(F)(F)F)cc3)n2)cn1. The van der Waals surface area contributed by atoms with Crippen LogP contribution < -0.4 is 10.1 Å². The Bertz CT molecular complexity index is 1110. The molecule has 1 amide bonds. The lowest BCUT2D eigenvalue weighted by atomic mass is 10.1. The number of aliphatic hydroxyl groups is 1. The number of aromatic nitrogens is 4. The zero-order valence-corrected chi connectivity index (χ0v) is 17.0. The fourth-order valence-electron chi connectivity index (χ4n) is 3.26. The number of hydrogen-bond donors (Lipinski definition) is 2. The minimum atomic E-state index is -4.79. The average Bonchev–Trinajstić information content (AvgIpc) is 3.50. The highest BCUT2D eigenvalue weighted by atomic mass is 19.4. The molecule has 2 N–H and O–H groups in total. The van der Waals surface area contributed by atoms with Gasteiger partial charge in [0.15, 0.2) is 5.82 Å². The number of carbonyl (C=O) groups excluding carboxylic acids is 1. The van der Waals surface area contributed by atoms with Crippen molar-refractivity contribution in [2.75, 3.05) is 6.61 Å². The number of aliphatic hydroxyl groups excluding tert-OH is 1. The van der Waals surface area contributed by atoms with E-state index >= 15 is 0 Å². The lowest BCUT2D eigenvalue weighted by molar-refractivity contribution is -0.274.